The second-order valence-electron chi connectivity index (χ2n) is 4.90. The van der Waals surface area contributed by atoms with Crippen LogP contribution in [0.4, 0.5) is 0 Å². The fourth-order valence-corrected chi connectivity index (χ4v) is 2.07. The van der Waals surface area contributed by atoms with Gasteiger partial charge < -0.3 is 14.8 Å². The highest BCUT2D eigenvalue weighted by Crippen LogP contribution is 2.21. The number of ether oxygens (including phenoxy) is 1. The van der Waals surface area contributed by atoms with Crippen molar-refractivity contribution in [2.24, 2.45) is 0 Å². The molecular formula is C16H15BN2O3. The van der Waals surface area contributed by atoms with E-state index in [1.54, 1.807) is 10.9 Å². The first-order valence-electron chi connectivity index (χ1n) is 6.91. The molecule has 0 aliphatic heterocycles. The summed E-state index contributed by atoms with van der Waals surface area (Å²) >= 11 is 0. The van der Waals surface area contributed by atoms with Crippen LogP contribution in [0.15, 0.2) is 67.0 Å². The predicted octanol–water partition coefficient (Wildman–Crippen LogP) is 1.40. The van der Waals surface area contributed by atoms with Crippen LogP contribution < -0.4 is 10.2 Å². The summed E-state index contributed by atoms with van der Waals surface area (Å²) in [5.74, 6) is 1.56. The van der Waals surface area contributed by atoms with E-state index in [1.807, 2.05) is 54.6 Å². The van der Waals surface area contributed by atoms with E-state index in [2.05, 4.69) is 5.10 Å². The zero-order valence-corrected chi connectivity index (χ0v) is 11.8. The fraction of sp³-hybridized carbons (Fsp3) is 0.0625. The van der Waals surface area contributed by atoms with Gasteiger partial charge in [0.1, 0.15) is 11.5 Å². The minimum absolute atomic E-state index is 0.379. The third-order valence-corrected chi connectivity index (χ3v) is 3.20. The van der Waals surface area contributed by atoms with Gasteiger partial charge in [0.15, 0.2) is 0 Å². The van der Waals surface area contributed by atoms with Crippen LogP contribution in [0.1, 0.15) is 5.56 Å². The van der Waals surface area contributed by atoms with Crippen LogP contribution >= 0.6 is 0 Å². The summed E-state index contributed by atoms with van der Waals surface area (Å²) in [6.45, 7) is 0.554. The van der Waals surface area contributed by atoms with E-state index < -0.39 is 7.12 Å². The van der Waals surface area contributed by atoms with Crippen molar-refractivity contribution < 1.29 is 14.8 Å². The number of hydrogen-bond acceptors (Lipinski definition) is 4. The minimum Gasteiger partial charge on any atom is -0.457 e. The molecule has 0 saturated heterocycles. The van der Waals surface area contributed by atoms with Gasteiger partial charge in [0.2, 0.25) is 0 Å². The lowest BCUT2D eigenvalue weighted by molar-refractivity contribution is 0.425. The van der Waals surface area contributed by atoms with Crippen LogP contribution in [0.25, 0.3) is 0 Å². The molecule has 0 spiro atoms. The van der Waals surface area contributed by atoms with Gasteiger partial charge in [-0.15, -0.1) is 0 Å². The van der Waals surface area contributed by atoms with E-state index in [0.717, 1.165) is 17.1 Å². The van der Waals surface area contributed by atoms with Crippen molar-refractivity contribution in [3.05, 3.63) is 72.6 Å². The van der Waals surface area contributed by atoms with Gasteiger partial charge in [-0.1, -0.05) is 30.3 Å². The first-order chi connectivity index (χ1) is 10.7. The van der Waals surface area contributed by atoms with Gasteiger partial charge in [-0.2, -0.15) is 5.10 Å². The third kappa shape index (κ3) is 3.55. The van der Waals surface area contributed by atoms with Crippen LogP contribution in [-0.2, 0) is 6.54 Å². The Labute approximate surface area is 128 Å². The largest absolute Gasteiger partial charge is 0.491 e. The standard InChI is InChI=1S/C16H15BN2O3/c20-17(21)14-10-18-19(12-14)11-13-6-8-16(9-7-13)22-15-4-2-1-3-5-15/h1-10,12,20-21H,11H2. The van der Waals surface area contributed by atoms with Crippen molar-refractivity contribution >= 4 is 12.6 Å². The molecule has 0 saturated carbocycles. The number of para-hydroxylation sites is 1. The maximum Gasteiger partial charge on any atom is 0.491 e. The molecule has 6 heteroatoms. The molecule has 0 amide bonds. The summed E-state index contributed by atoms with van der Waals surface area (Å²) in [5, 5.41) is 22.2. The van der Waals surface area contributed by atoms with Crippen molar-refractivity contribution in [2.45, 2.75) is 6.54 Å². The molecule has 110 valence electrons. The van der Waals surface area contributed by atoms with E-state index in [1.165, 1.54) is 6.20 Å². The number of aromatic nitrogens is 2. The summed E-state index contributed by atoms with van der Waals surface area (Å²) < 4.78 is 7.39. The monoisotopic (exact) mass is 294 g/mol. The summed E-state index contributed by atoms with van der Waals surface area (Å²) in [4.78, 5) is 0. The molecular weight excluding hydrogens is 279 g/mol. The molecule has 0 unspecified atom stereocenters. The first-order valence-corrected chi connectivity index (χ1v) is 6.91. The molecule has 2 N–H and O–H groups in total. The van der Waals surface area contributed by atoms with Gasteiger partial charge in [-0.25, -0.2) is 0 Å². The molecule has 0 radical (unpaired) electrons. The molecule has 3 rings (SSSR count). The Morgan fingerprint density at radius 1 is 0.955 bits per heavy atom. The Balaban J connectivity index is 1.66. The van der Waals surface area contributed by atoms with Crippen LogP contribution in [0, 0.1) is 0 Å². The molecule has 0 aliphatic carbocycles. The molecule has 0 aliphatic rings. The third-order valence-electron chi connectivity index (χ3n) is 3.20. The van der Waals surface area contributed by atoms with Gasteiger partial charge in [0, 0.05) is 17.9 Å². The summed E-state index contributed by atoms with van der Waals surface area (Å²) in [6.07, 6.45) is 3.05. The number of nitrogens with zero attached hydrogens (tertiary/aromatic N) is 2. The lowest BCUT2D eigenvalue weighted by Gasteiger charge is -2.07. The van der Waals surface area contributed by atoms with Gasteiger partial charge in [-0.05, 0) is 29.8 Å². The van der Waals surface area contributed by atoms with Crippen molar-refractivity contribution in [1.82, 2.24) is 9.78 Å². The molecule has 0 fully saturated rings. The second-order valence-corrected chi connectivity index (χ2v) is 4.90. The maximum absolute atomic E-state index is 9.07. The Morgan fingerprint density at radius 3 is 2.27 bits per heavy atom. The molecule has 0 atom stereocenters. The van der Waals surface area contributed by atoms with Gasteiger partial charge in [0.05, 0.1) is 6.54 Å². The fourth-order valence-electron chi connectivity index (χ4n) is 2.07. The Bertz CT molecular complexity index is 727. The lowest BCUT2D eigenvalue weighted by atomic mass is 9.83. The van der Waals surface area contributed by atoms with Crippen molar-refractivity contribution in [2.75, 3.05) is 0 Å². The molecule has 3 aromatic rings. The normalized spacial score (nSPS) is 10.5. The second kappa shape index (κ2) is 6.47. The summed E-state index contributed by atoms with van der Waals surface area (Å²) in [5.41, 5.74) is 1.42. The van der Waals surface area contributed by atoms with Gasteiger partial charge in [-0.3, -0.25) is 4.68 Å². The first kappa shape index (κ1) is 14.4. The highest BCUT2D eigenvalue weighted by molar-refractivity contribution is 6.58. The zero-order chi connectivity index (χ0) is 15.4. The molecule has 0 bridgehead atoms. The molecule has 2 aromatic carbocycles. The number of rotatable bonds is 5. The van der Waals surface area contributed by atoms with E-state index in [9.17, 15) is 0 Å². The smallest absolute Gasteiger partial charge is 0.457 e. The molecule has 1 aromatic heterocycles. The zero-order valence-electron chi connectivity index (χ0n) is 11.8. The van der Waals surface area contributed by atoms with Crippen LogP contribution in [0.3, 0.4) is 0 Å². The van der Waals surface area contributed by atoms with Crippen LogP contribution in [0.5, 0.6) is 11.5 Å². The topological polar surface area (TPSA) is 67.5 Å². The minimum atomic E-state index is -1.49. The number of hydrogen-bond donors (Lipinski definition) is 2. The van der Waals surface area contributed by atoms with Gasteiger partial charge >= 0.3 is 7.12 Å². The highest BCUT2D eigenvalue weighted by Gasteiger charge is 2.13. The average Bonchev–Trinajstić information content (AvgIpc) is 2.99. The predicted molar refractivity (Wildman–Crippen MR) is 84.1 cm³/mol. The van der Waals surface area contributed by atoms with Gasteiger partial charge in [0.25, 0.3) is 0 Å². The van der Waals surface area contributed by atoms with Crippen LogP contribution in [-0.4, -0.2) is 26.9 Å². The summed E-state index contributed by atoms with van der Waals surface area (Å²) in [7, 11) is -1.49. The van der Waals surface area contributed by atoms with E-state index >= 15 is 0 Å². The molecule has 22 heavy (non-hydrogen) atoms. The Morgan fingerprint density at radius 2 is 1.64 bits per heavy atom. The van der Waals surface area contributed by atoms with Crippen molar-refractivity contribution in [3.8, 4) is 11.5 Å². The van der Waals surface area contributed by atoms with Crippen molar-refractivity contribution in [1.29, 1.82) is 0 Å². The highest BCUT2D eigenvalue weighted by atomic mass is 16.5. The van der Waals surface area contributed by atoms with E-state index in [0.29, 0.717) is 12.0 Å². The Hall–Kier alpha value is -2.57. The molecule has 1 heterocycles. The Kier molecular flexibility index (Phi) is 4.23. The average molecular weight is 294 g/mol. The maximum atomic E-state index is 9.07. The van der Waals surface area contributed by atoms with Crippen LogP contribution in [0.2, 0.25) is 0 Å². The summed E-state index contributed by atoms with van der Waals surface area (Å²) in [6, 6.07) is 17.3. The van der Waals surface area contributed by atoms with Crippen molar-refractivity contribution in [3.63, 3.8) is 0 Å². The lowest BCUT2D eigenvalue weighted by Crippen LogP contribution is -2.28. The van der Waals surface area contributed by atoms with E-state index in [4.69, 9.17) is 14.8 Å². The van der Waals surface area contributed by atoms with E-state index in [-0.39, 0.29) is 0 Å². The molecule has 5 nitrogen and oxygen atoms in total. The SMILES string of the molecule is OB(O)c1cnn(Cc2ccc(Oc3ccccc3)cc2)c1. The number of benzene rings is 2. The quantitative estimate of drug-likeness (QED) is 0.698.